The number of piperidine rings is 2. The van der Waals surface area contributed by atoms with E-state index in [4.69, 9.17) is 9.15 Å². The Morgan fingerprint density at radius 3 is 2.54 bits per heavy atom. The van der Waals surface area contributed by atoms with Crippen LogP contribution in [-0.2, 0) is 16.2 Å². The molecule has 1 unspecified atom stereocenters. The summed E-state index contributed by atoms with van der Waals surface area (Å²) < 4.78 is 24.2. The number of rotatable bonds is 7. The molecule has 1 amide bonds. The molecule has 0 aromatic carbocycles. The molecule has 212 valence electrons. The van der Waals surface area contributed by atoms with Gasteiger partial charge in [-0.25, -0.2) is 9.37 Å². The Kier molecular flexibility index (Phi) is 8.37. The van der Waals surface area contributed by atoms with Crippen LogP contribution in [0.2, 0.25) is 0 Å². The number of nitrogens with one attached hydrogen (secondary N) is 1. The highest BCUT2D eigenvalue weighted by Crippen LogP contribution is 2.47. The number of aromatic nitrogens is 2. The number of halogens is 1. The lowest BCUT2D eigenvalue weighted by Gasteiger charge is -2.46. The van der Waals surface area contributed by atoms with Gasteiger partial charge in [-0.05, 0) is 80.8 Å². The molecule has 3 fully saturated rings. The molecule has 1 atom stereocenters. The predicted octanol–water partition coefficient (Wildman–Crippen LogP) is 5.37. The van der Waals surface area contributed by atoms with E-state index in [2.05, 4.69) is 27.1 Å². The van der Waals surface area contributed by atoms with Gasteiger partial charge in [0, 0.05) is 32.6 Å². The minimum atomic E-state index is -0.866. The highest BCUT2D eigenvalue weighted by Gasteiger charge is 2.38. The minimum Gasteiger partial charge on any atom is -0.469 e. The molecule has 1 aliphatic carbocycles. The van der Waals surface area contributed by atoms with Crippen molar-refractivity contribution >= 4 is 29.4 Å². The van der Waals surface area contributed by atoms with E-state index in [1.807, 2.05) is 17.0 Å². The summed E-state index contributed by atoms with van der Waals surface area (Å²) in [5, 5.41) is 2.78. The summed E-state index contributed by atoms with van der Waals surface area (Å²) in [4.78, 5) is 37.7. The second-order valence-electron chi connectivity index (χ2n) is 11.7. The molecule has 10 heteroatoms. The average Bonchev–Trinajstić information content (AvgIpc) is 3.40. The Labute approximate surface area is 229 Å². The molecule has 39 heavy (non-hydrogen) atoms. The van der Waals surface area contributed by atoms with Crippen LogP contribution in [0.1, 0.15) is 81.0 Å². The molecule has 1 N–H and O–H groups in total. The fourth-order valence-corrected chi connectivity index (χ4v) is 6.46. The van der Waals surface area contributed by atoms with E-state index in [9.17, 15) is 14.0 Å². The summed E-state index contributed by atoms with van der Waals surface area (Å²) >= 11 is 0. The third-order valence-corrected chi connectivity index (χ3v) is 8.95. The number of ether oxygens (including phenoxy) is 1. The van der Waals surface area contributed by atoms with Crippen molar-refractivity contribution in [2.45, 2.75) is 71.4 Å². The molecule has 2 aromatic heterocycles. The normalized spacial score (nSPS) is 21.7. The van der Waals surface area contributed by atoms with Crippen LogP contribution in [0, 0.1) is 17.3 Å². The van der Waals surface area contributed by atoms with Gasteiger partial charge in [0.15, 0.2) is 0 Å². The first-order chi connectivity index (χ1) is 18.9. The van der Waals surface area contributed by atoms with Crippen molar-refractivity contribution < 1.29 is 23.1 Å². The number of oxazole rings is 1. The number of alkyl halides is 1. The topological polar surface area (TPSA) is 101 Å². The molecule has 4 heterocycles. The summed E-state index contributed by atoms with van der Waals surface area (Å²) in [5.41, 5.74) is 0.912. The number of anilines is 3. The van der Waals surface area contributed by atoms with Crippen molar-refractivity contribution in [3.8, 4) is 0 Å². The number of nitrogens with zero attached hydrogens (tertiary/aromatic N) is 4. The number of carbonyl (C=O) groups excluding carboxylic acids is 2. The van der Waals surface area contributed by atoms with Gasteiger partial charge in [0.05, 0.1) is 19.0 Å². The Bertz CT molecular complexity index is 1140. The Hall–Kier alpha value is -3.17. The van der Waals surface area contributed by atoms with E-state index in [0.717, 1.165) is 70.5 Å². The number of carbonyl (C=O) groups is 2. The number of methoxy groups -OCH3 is 1. The molecule has 0 bridgehead atoms. The quantitative estimate of drug-likeness (QED) is 0.467. The first-order valence-electron chi connectivity index (χ1n) is 14.3. The number of hydrogen-bond donors (Lipinski definition) is 1. The smallest absolute Gasteiger partial charge is 0.305 e. The first-order valence-corrected chi connectivity index (χ1v) is 14.3. The molecule has 5 rings (SSSR count). The van der Waals surface area contributed by atoms with Crippen molar-refractivity contribution in [1.29, 1.82) is 0 Å². The van der Waals surface area contributed by atoms with Crippen molar-refractivity contribution in [3.63, 3.8) is 0 Å². The second-order valence-corrected chi connectivity index (χ2v) is 11.7. The molecule has 2 aliphatic heterocycles. The number of amides is 1. The fraction of sp³-hybridized carbons (Fsp3) is 0.655. The molecule has 1 saturated carbocycles. The highest BCUT2D eigenvalue weighted by molar-refractivity contribution is 6.03. The zero-order valence-corrected chi connectivity index (χ0v) is 23.1. The second kappa shape index (κ2) is 11.9. The van der Waals surface area contributed by atoms with Crippen LogP contribution in [0.15, 0.2) is 22.7 Å². The molecule has 1 spiro atoms. The summed E-state index contributed by atoms with van der Waals surface area (Å²) in [5.74, 6) is 1.12. The van der Waals surface area contributed by atoms with Gasteiger partial charge in [0.1, 0.15) is 18.2 Å². The maximum Gasteiger partial charge on any atom is 0.305 e. The lowest BCUT2D eigenvalue weighted by atomic mass is 9.65. The minimum absolute atomic E-state index is 0.0203. The summed E-state index contributed by atoms with van der Waals surface area (Å²) in [6, 6.07) is 4.05. The maximum absolute atomic E-state index is 13.7. The van der Waals surface area contributed by atoms with Gasteiger partial charge in [-0.1, -0.05) is 6.92 Å². The van der Waals surface area contributed by atoms with Crippen LogP contribution in [0.5, 0.6) is 0 Å². The van der Waals surface area contributed by atoms with E-state index in [-0.39, 0.29) is 17.4 Å². The van der Waals surface area contributed by atoms with E-state index < -0.39 is 12.6 Å². The van der Waals surface area contributed by atoms with Crippen LogP contribution in [-0.4, -0.2) is 55.1 Å². The monoisotopic (exact) mass is 541 g/mol. The largest absolute Gasteiger partial charge is 0.469 e. The van der Waals surface area contributed by atoms with Crippen LogP contribution < -0.4 is 15.1 Å². The zero-order chi connectivity index (χ0) is 27.4. The van der Waals surface area contributed by atoms with E-state index >= 15 is 0 Å². The van der Waals surface area contributed by atoms with Gasteiger partial charge >= 0.3 is 5.97 Å². The van der Waals surface area contributed by atoms with Gasteiger partial charge in [0.25, 0.3) is 11.9 Å². The fourth-order valence-electron chi connectivity index (χ4n) is 6.46. The van der Waals surface area contributed by atoms with E-state index in [1.165, 1.54) is 20.0 Å². The highest BCUT2D eigenvalue weighted by atomic mass is 19.1. The van der Waals surface area contributed by atoms with Crippen LogP contribution >= 0.6 is 0 Å². The van der Waals surface area contributed by atoms with Gasteiger partial charge in [-0.3, -0.25) is 9.59 Å². The average molecular weight is 542 g/mol. The lowest BCUT2D eigenvalue weighted by molar-refractivity contribution is -0.142. The van der Waals surface area contributed by atoms with Crippen molar-refractivity contribution in [1.82, 2.24) is 9.97 Å². The summed E-state index contributed by atoms with van der Waals surface area (Å²) in [6.45, 7) is 4.75. The van der Waals surface area contributed by atoms with E-state index in [0.29, 0.717) is 35.4 Å². The lowest BCUT2D eigenvalue weighted by Crippen LogP contribution is -2.42. The SMILES string of the molecule is COC(=O)CC1CCC2(CC1)CCN(c1ccc(NC(=O)c3oc(N4CCCC(C)C4)nc3CF)cn1)CC2. The van der Waals surface area contributed by atoms with Crippen LogP contribution in [0.3, 0.4) is 0 Å². The first kappa shape index (κ1) is 27.4. The molecule has 3 aliphatic rings. The van der Waals surface area contributed by atoms with Gasteiger partial charge in [-0.15, -0.1) is 0 Å². The van der Waals surface area contributed by atoms with Crippen LogP contribution in [0.25, 0.3) is 0 Å². The van der Waals surface area contributed by atoms with Gasteiger partial charge < -0.3 is 24.3 Å². The third-order valence-electron chi connectivity index (χ3n) is 8.95. The summed E-state index contributed by atoms with van der Waals surface area (Å²) in [7, 11) is 1.46. The Morgan fingerprint density at radius 1 is 1.13 bits per heavy atom. The third kappa shape index (κ3) is 6.36. The van der Waals surface area contributed by atoms with Gasteiger partial charge in [-0.2, -0.15) is 4.98 Å². The maximum atomic E-state index is 13.7. The number of hydrogen-bond acceptors (Lipinski definition) is 8. The van der Waals surface area contributed by atoms with E-state index in [1.54, 1.807) is 6.20 Å². The van der Waals surface area contributed by atoms with Crippen molar-refractivity contribution in [3.05, 3.63) is 29.8 Å². The predicted molar refractivity (Wildman–Crippen MR) is 147 cm³/mol. The van der Waals surface area contributed by atoms with Gasteiger partial charge in [0.2, 0.25) is 5.76 Å². The number of esters is 1. The Balaban J connectivity index is 1.14. The zero-order valence-electron chi connectivity index (χ0n) is 23.1. The molecule has 2 aromatic rings. The van der Waals surface area contributed by atoms with Crippen LogP contribution in [0.4, 0.5) is 21.9 Å². The molecule has 0 radical (unpaired) electrons. The Morgan fingerprint density at radius 2 is 1.90 bits per heavy atom. The van der Waals surface area contributed by atoms with Crippen molar-refractivity contribution in [2.24, 2.45) is 17.3 Å². The number of pyridine rings is 1. The molecular formula is C29H40FN5O4. The van der Waals surface area contributed by atoms with Crippen molar-refractivity contribution in [2.75, 3.05) is 48.4 Å². The molecular weight excluding hydrogens is 501 g/mol. The summed E-state index contributed by atoms with van der Waals surface area (Å²) in [6.07, 6.45) is 11.1. The standard InChI is InChI=1S/C29H40FN5O4/c1-20-4-3-13-35(19-20)28-33-23(17-30)26(39-28)27(37)32-22-5-6-24(31-18-22)34-14-11-29(12-15-34)9-7-21(8-10-29)16-25(36)38-2/h5-6,18,20-21H,3-4,7-17,19H2,1-2H3,(H,32,37). The molecule has 2 saturated heterocycles. The molecule has 9 nitrogen and oxygen atoms in total.